The minimum atomic E-state index is 0. The topological polar surface area (TPSA) is 0 Å². The van der Waals surface area contributed by atoms with Gasteiger partial charge in [0.05, 0.1) is 0 Å². The first kappa shape index (κ1) is 22.5. The van der Waals surface area contributed by atoms with Gasteiger partial charge in [0.25, 0.3) is 0 Å². The molecular formula is H8CdIn2S4. The number of hydrogen-bond donors (Lipinski definition) is 2. The third-order valence-corrected chi connectivity index (χ3v) is 2.70. The summed E-state index contributed by atoms with van der Waals surface area (Å²) in [4.78, 5) is 0. The van der Waals surface area contributed by atoms with Gasteiger partial charge in [-0.25, -0.2) is 0 Å². The SMILES string of the molecule is SSSS.[Cd].[InH3].[InH3]. The molecule has 7 heavy (non-hydrogen) atoms. The summed E-state index contributed by atoms with van der Waals surface area (Å²) in [6.07, 6.45) is 0. The van der Waals surface area contributed by atoms with E-state index in [1.165, 1.54) is 19.7 Å². The van der Waals surface area contributed by atoms with Crippen molar-refractivity contribution < 1.29 is 27.3 Å². The number of thiol groups is 2. The van der Waals surface area contributed by atoms with E-state index < -0.39 is 0 Å². The van der Waals surface area contributed by atoms with Crippen molar-refractivity contribution in [3.05, 3.63) is 0 Å². The van der Waals surface area contributed by atoms with Gasteiger partial charge < -0.3 is 0 Å². The fraction of sp³-hybridized carbons (Fsp3) is 0. The molecule has 7 heteroatoms. The van der Waals surface area contributed by atoms with Crippen molar-refractivity contribution >= 4 is 94.7 Å². The van der Waals surface area contributed by atoms with Crippen LogP contribution in [0.1, 0.15) is 0 Å². The van der Waals surface area contributed by atoms with Crippen molar-refractivity contribution in [2.24, 2.45) is 0 Å². The van der Waals surface area contributed by atoms with Crippen LogP contribution in [0, 0.1) is 0 Å². The van der Waals surface area contributed by atoms with Gasteiger partial charge in [-0.15, -0.1) is 0 Å². The van der Waals surface area contributed by atoms with Crippen LogP contribution in [0.4, 0.5) is 0 Å². The van der Waals surface area contributed by atoms with Crippen LogP contribution in [0.25, 0.3) is 0 Å². The standard InChI is InChI=1S/Cd.2In.H2S4.6H/c;;;1-3-4-2;;;;;;/h;;;1-2H;;;;;;. The first-order valence-corrected chi connectivity index (χ1v) is 4.79. The van der Waals surface area contributed by atoms with Crippen molar-refractivity contribution in [1.82, 2.24) is 0 Å². The molecule has 0 aliphatic rings. The molecule has 0 radical (unpaired) electrons. The molecule has 0 aliphatic carbocycles. The molecule has 0 spiro atoms. The van der Waals surface area contributed by atoms with Gasteiger partial charge >= 0.3 is 51.7 Å². The van der Waals surface area contributed by atoms with E-state index in [-0.39, 0.29) is 79.0 Å². The molecule has 0 saturated carbocycles. The zero-order valence-corrected chi connectivity index (χ0v) is 9.88. The van der Waals surface area contributed by atoms with Gasteiger partial charge in [0.1, 0.15) is 0 Å². The van der Waals surface area contributed by atoms with E-state index in [1.54, 1.807) is 0 Å². The van der Waals surface area contributed by atoms with Gasteiger partial charge in [-0.3, -0.25) is 0 Å². The van der Waals surface area contributed by atoms with Crippen LogP contribution in [-0.2, 0) is 27.3 Å². The van der Waals surface area contributed by atoms with Crippen LogP contribution < -0.4 is 0 Å². The monoisotopic (exact) mass is 480 g/mol. The van der Waals surface area contributed by atoms with Crippen molar-refractivity contribution in [2.75, 3.05) is 0 Å². The average Bonchev–Trinajstić information content (AvgIpc) is 1.37. The van der Waals surface area contributed by atoms with E-state index in [9.17, 15) is 0 Å². The second-order valence-electron chi connectivity index (χ2n) is 0.149. The van der Waals surface area contributed by atoms with Gasteiger partial charge in [0, 0.05) is 27.3 Å². The normalized spacial score (nSPS) is 4.29. The Bertz CT molecular complexity index is 11.7. The molecule has 0 aliphatic heterocycles. The molecule has 0 unspecified atom stereocenters. The second-order valence-corrected chi connectivity index (χ2v) is 4.02. The van der Waals surface area contributed by atoms with Crippen molar-refractivity contribution in [3.63, 3.8) is 0 Å². The summed E-state index contributed by atoms with van der Waals surface area (Å²) >= 11 is 7.45. The molecule has 0 amide bonds. The third kappa shape index (κ3) is 25.5. The third-order valence-electron chi connectivity index (χ3n) is 0.0333. The summed E-state index contributed by atoms with van der Waals surface area (Å²) in [6.45, 7) is 0. The Morgan fingerprint density at radius 1 is 0.857 bits per heavy atom. The summed E-state index contributed by atoms with van der Waals surface area (Å²) in [5.74, 6) is 0. The molecule has 0 heterocycles. The Morgan fingerprint density at radius 3 is 1.00 bits per heavy atom. The Kier molecular flexibility index (Phi) is 72.1. The minimum absolute atomic E-state index is 0. The van der Waals surface area contributed by atoms with Crippen molar-refractivity contribution in [3.8, 4) is 0 Å². The fourth-order valence-corrected chi connectivity index (χ4v) is 0. The summed E-state index contributed by atoms with van der Waals surface area (Å²) in [6, 6.07) is 0. The van der Waals surface area contributed by atoms with E-state index in [4.69, 9.17) is 0 Å². The van der Waals surface area contributed by atoms with Crippen LogP contribution in [0.15, 0.2) is 0 Å². The van der Waals surface area contributed by atoms with Crippen LogP contribution in [-0.4, -0.2) is 51.7 Å². The number of hydrogen-bond acceptors (Lipinski definition) is 4. The molecule has 0 saturated heterocycles. The van der Waals surface area contributed by atoms with Gasteiger partial charge in [0.15, 0.2) is 0 Å². The maximum atomic E-state index is 3.72. The molecule has 0 N–H and O–H groups in total. The summed E-state index contributed by atoms with van der Waals surface area (Å²) in [5.41, 5.74) is 0. The van der Waals surface area contributed by atoms with Crippen LogP contribution in [0.2, 0.25) is 0 Å². The van der Waals surface area contributed by atoms with E-state index >= 15 is 0 Å². The van der Waals surface area contributed by atoms with Crippen LogP contribution in [0.3, 0.4) is 0 Å². The summed E-state index contributed by atoms with van der Waals surface area (Å²) in [5, 5.41) is 0. The predicted octanol–water partition coefficient (Wildman–Crippen LogP) is -0.313. The first-order valence-electron chi connectivity index (χ1n) is 0.532. The molecule has 0 aromatic rings. The Balaban J connectivity index is -0.0000000150. The molecule has 40 valence electrons. The second kappa shape index (κ2) is 22.5. The Morgan fingerprint density at radius 2 is 1.00 bits per heavy atom. The van der Waals surface area contributed by atoms with Crippen molar-refractivity contribution in [2.45, 2.75) is 0 Å². The summed E-state index contributed by atoms with van der Waals surface area (Å²) in [7, 11) is 2.66. The molecule has 0 aromatic carbocycles. The van der Waals surface area contributed by atoms with E-state index in [0.717, 1.165) is 0 Å². The molecule has 0 nitrogen and oxygen atoms in total. The van der Waals surface area contributed by atoms with Crippen molar-refractivity contribution in [1.29, 1.82) is 0 Å². The predicted molar refractivity (Wildman–Crippen MR) is 53.0 cm³/mol. The molecule has 0 fully saturated rings. The molecule has 0 rings (SSSR count). The average molecular weight is 478 g/mol. The zero-order chi connectivity index (χ0) is 3.41. The van der Waals surface area contributed by atoms with Crippen LogP contribution in [0.5, 0.6) is 0 Å². The van der Waals surface area contributed by atoms with Crippen LogP contribution >= 0.6 is 43.0 Å². The Hall–Kier alpha value is 4.06. The maximum absolute atomic E-state index is 3.72. The Labute approximate surface area is 119 Å². The van der Waals surface area contributed by atoms with Gasteiger partial charge in [-0.05, 0) is 19.7 Å². The molecule has 0 bridgehead atoms. The van der Waals surface area contributed by atoms with Gasteiger partial charge in [-0.1, -0.05) is 23.3 Å². The van der Waals surface area contributed by atoms with Gasteiger partial charge in [-0.2, -0.15) is 0 Å². The first-order chi connectivity index (χ1) is 1.91. The molecule has 0 atom stereocenters. The van der Waals surface area contributed by atoms with E-state index in [0.29, 0.717) is 0 Å². The quantitative estimate of drug-likeness (QED) is 0.302. The molecular weight excluding hydrogens is 470 g/mol. The summed E-state index contributed by atoms with van der Waals surface area (Å²) < 4.78 is 0. The van der Waals surface area contributed by atoms with E-state index in [1.807, 2.05) is 0 Å². The van der Waals surface area contributed by atoms with E-state index in [2.05, 4.69) is 23.3 Å². The van der Waals surface area contributed by atoms with Gasteiger partial charge in [0.2, 0.25) is 0 Å². The molecule has 0 aromatic heterocycles. The number of rotatable bonds is 1. The zero-order valence-electron chi connectivity index (χ0n) is 2.42. The fourth-order valence-electron chi connectivity index (χ4n) is 0.